The highest BCUT2D eigenvalue weighted by molar-refractivity contribution is 5.75. The van der Waals surface area contributed by atoms with Crippen LogP contribution in [0.2, 0.25) is 0 Å². The fourth-order valence-electron chi connectivity index (χ4n) is 1.39. The number of carbonyl (C=O) groups is 1. The van der Waals surface area contributed by atoms with Gasteiger partial charge in [0.2, 0.25) is 0 Å². The van der Waals surface area contributed by atoms with E-state index in [2.05, 4.69) is 0 Å². The summed E-state index contributed by atoms with van der Waals surface area (Å²) < 4.78 is 0. The molecule has 0 saturated heterocycles. The predicted molar refractivity (Wildman–Crippen MR) is 57.7 cm³/mol. The smallest absolute Gasteiger partial charge is 0.310 e. The number of aliphatic hydroxyl groups is 1. The summed E-state index contributed by atoms with van der Waals surface area (Å²) in [6.45, 7) is 3.55. The number of benzene rings is 1. The highest BCUT2D eigenvalue weighted by Crippen LogP contribution is 2.20. The summed E-state index contributed by atoms with van der Waals surface area (Å²) in [5.74, 6) is -1.34. The van der Waals surface area contributed by atoms with E-state index in [0.29, 0.717) is 6.42 Å². The third kappa shape index (κ3) is 2.80. The molecule has 0 heterocycles. The molecule has 0 aliphatic rings. The van der Waals surface area contributed by atoms with Gasteiger partial charge < -0.3 is 10.2 Å². The summed E-state index contributed by atoms with van der Waals surface area (Å²) in [4.78, 5) is 10.7. The number of carboxylic acid groups (broad SMARTS) is 1. The van der Waals surface area contributed by atoms with Crippen LogP contribution >= 0.6 is 0 Å². The Balaban J connectivity index is 2.85. The highest BCUT2D eigenvalue weighted by Gasteiger charge is 2.13. The Morgan fingerprint density at radius 2 is 1.73 bits per heavy atom. The van der Waals surface area contributed by atoms with Crippen LogP contribution in [0.4, 0.5) is 0 Å². The molecule has 1 rings (SSSR count). The zero-order valence-electron chi connectivity index (χ0n) is 8.97. The molecule has 1 aromatic carbocycles. The van der Waals surface area contributed by atoms with Gasteiger partial charge in [0.15, 0.2) is 0 Å². The minimum absolute atomic E-state index is 0.459. The average molecular weight is 208 g/mol. The van der Waals surface area contributed by atoms with Crippen molar-refractivity contribution in [3.8, 4) is 0 Å². The lowest BCUT2D eigenvalue weighted by atomic mass is 9.98. The Morgan fingerprint density at radius 3 is 2.13 bits per heavy atom. The zero-order valence-corrected chi connectivity index (χ0v) is 8.97. The molecule has 1 aromatic rings. The molecule has 15 heavy (non-hydrogen) atoms. The molecule has 0 unspecified atom stereocenters. The fourth-order valence-corrected chi connectivity index (χ4v) is 1.39. The molecule has 82 valence electrons. The first-order valence-corrected chi connectivity index (χ1v) is 5.07. The minimum Gasteiger partial charge on any atom is -0.481 e. The van der Waals surface area contributed by atoms with E-state index in [0.717, 1.165) is 11.1 Å². The van der Waals surface area contributed by atoms with Crippen LogP contribution in [-0.2, 0) is 4.79 Å². The largest absolute Gasteiger partial charge is 0.481 e. The van der Waals surface area contributed by atoms with Gasteiger partial charge in [-0.15, -0.1) is 0 Å². The summed E-state index contributed by atoms with van der Waals surface area (Å²) in [5, 5.41) is 18.4. The van der Waals surface area contributed by atoms with E-state index >= 15 is 0 Å². The first-order valence-electron chi connectivity index (χ1n) is 5.07. The maximum absolute atomic E-state index is 10.7. The molecule has 0 bridgehead atoms. The molecule has 2 N–H and O–H groups in total. The van der Waals surface area contributed by atoms with Gasteiger partial charge in [0.25, 0.3) is 0 Å². The average Bonchev–Trinajstić information content (AvgIpc) is 2.27. The first kappa shape index (κ1) is 11.7. The molecular formula is C12H16O3. The second kappa shape index (κ2) is 4.94. The topological polar surface area (TPSA) is 57.5 Å². The Bertz CT molecular complexity index is 329. The van der Waals surface area contributed by atoms with Crippen LogP contribution in [0.25, 0.3) is 0 Å². The molecule has 0 aliphatic carbocycles. The molecular weight excluding hydrogens is 192 g/mol. The lowest BCUT2D eigenvalue weighted by Gasteiger charge is -2.10. The molecule has 0 aliphatic heterocycles. The highest BCUT2D eigenvalue weighted by atomic mass is 16.4. The van der Waals surface area contributed by atoms with Crippen molar-refractivity contribution in [2.24, 2.45) is 0 Å². The van der Waals surface area contributed by atoms with Crippen LogP contribution in [0, 0.1) is 0 Å². The van der Waals surface area contributed by atoms with Gasteiger partial charge >= 0.3 is 5.97 Å². The number of rotatable bonds is 4. The van der Waals surface area contributed by atoms with Crippen molar-refractivity contribution < 1.29 is 15.0 Å². The van der Waals surface area contributed by atoms with E-state index in [1.807, 2.05) is 6.92 Å². The maximum atomic E-state index is 10.7. The van der Waals surface area contributed by atoms with E-state index in [1.54, 1.807) is 31.2 Å². The van der Waals surface area contributed by atoms with E-state index in [-0.39, 0.29) is 0 Å². The summed E-state index contributed by atoms with van der Waals surface area (Å²) >= 11 is 0. The van der Waals surface area contributed by atoms with Crippen LogP contribution in [0.1, 0.15) is 43.4 Å². The summed E-state index contributed by atoms with van der Waals surface area (Å²) in [6, 6.07) is 7.08. The monoisotopic (exact) mass is 208 g/mol. The van der Waals surface area contributed by atoms with Crippen molar-refractivity contribution in [2.75, 3.05) is 0 Å². The molecule has 2 atom stereocenters. The number of aliphatic carboxylic acids is 1. The van der Waals surface area contributed by atoms with Crippen molar-refractivity contribution in [3.63, 3.8) is 0 Å². The van der Waals surface area contributed by atoms with Gasteiger partial charge in [-0.1, -0.05) is 31.2 Å². The number of hydrogen-bond acceptors (Lipinski definition) is 2. The minimum atomic E-state index is -0.834. The van der Waals surface area contributed by atoms with Gasteiger partial charge in [0, 0.05) is 0 Å². The van der Waals surface area contributed by atoms with Crippen molar-refractivity contribution >= 4 is 5.97 Å². The number of carboxylic acids is 1. The van der Waals surface area contributed by atoms with Gasteiger partial charge in [0.05, 0.1) is 12.0 Å². The SMILES string of the molecule is CC[C@H](O)c1ccc([C@@H](C)C(=O)O)cc1. The van der Waals surface area contributed by atoms with Gasteiger partial charge in [-0.2, -0.15) is 0 Å². The number of aliphatic hydroxyl groups excluding tert-OH is 1. The van der Waals surface area contributed by atoms with Crippen molar-refractivity contribution in [1.82, 2.24) is 0 Å². The Kier molecular flexibility index (Phi) is 3.86. The standard InChI is InChI=1S/C12H16O3/c1-3-11(13)10-6-4-9(5-7-10)8(2)12(14)15/h4-8,11,13H,3H2,1-2H3,(H,14,15)/t8-,11+/m1/s1. The van der Waals surface area contributed by atoms with Crippen molar-refractivity contribution in [2.45, 2.75) is 32.3 Å². The van der Waals surface area contributed by atoms with E-state index in [1.165, 1.54) is 0 Å². The molecule has 0 spiro atoms. The van der Waals surface area contributed by atoms with Crippen LogP contribution in [0.15, 0.2) is 24.3 Å². The van der Waals surface area contributed by atoms with Crippen molar-refractivity contribution in [3.05, 3.63) is 35.4 Å². The van der Waals surface area contributed by atoms with E-state index in [9.17, 15) is 9.90 Å². The Labute approximate surface area is 89.4 Å². The second-order valence-electron chi connectivity index (χ2n) is 3.65. The summed E-state index contributed by atoms with van der Waals surface area (Å²) in [6.07, 6.45) is 0.201. The van der Waals surface area contributed by atoms with Gasteiger partial charge in [-0.3, -0.25) is 4.79 Å². The second-order valence-corrected chi connectivity index (χ2v) is 3.65. The third-order valence-electron chi connectivity index (χ3n) is 2.58. The Morgan fingerprint density at radius 1 is 1.27 bits per heavy atom. The predicted octanol–water partition coefficient (Wildman–Crippen LogP) is 2.32. The van der Waals surface area contributed by atoms with Crippen LogP contribution < -0.4 is 0 Å². The lowest BCUT2D eigenvalue weighted by Crippen LogP contribution is -2.07. The molecule has 0 amide bonds. The van der Waals surface area contributed by atoms with E-state index in [4.69, 9.17) is 5.11 Å². The normalized spacial score (nSPS) is 14.6. The van der Waals surface area contributed by atoms with E-state index < -0.39 is 18.0 Å². The maximum Gasteiger partial charge on any atom is 0.310 e. The number of hydrogen-bond donors (Lipinski definition) is 2. The summed E-state index contributed by atoms with van der Waals surface area (Å²) in [5.41, 5.74) is 1.59. The van der Waals surface area contributed by atoms with Gasteiger partial charge in [-0.25, -0.2) is 0 Å². The fraction of sp³-hybridized carbons (Fsp3) is 0.417. The van der Waals surface area contributed by atoms with Gasteiger partial charge in [-0.05, 0) is 24.5 Å². The van der Waals surface area contributed by atoms with Crippen LogP contribution in [-0.4, -0.2) is 16.2 Å². The van der Waals surface area contributed by atoms with Gasteiger partial charge in [0.1, 0.15) is 0 Å². The summed E-state index contributed by atoms with van der Waals surface area (Å²) in [7, 11) is 0. The Hall–Kier alpha value is -1.35. The lowest BCUT2D eigenvalue weighted by molar-refractivity contribution is -0.138. The van der Waals surface area contributed by atoms with Crippen LogP contribution in [0.3, 0.4) is 0 Å². The van der Waals surface area contributed by atoms with Crippen molar-refractivity contribution in [1.29, 1.82) is 0 Å². The quantitative estimate of drug-likeness (QED) is 0.798. The van der Waals surface area contributed by atoms with Crippen LogP contribution in [0.5, 0.6) is 0 Å². The molecule has 0 saturated carbocycles. The molecule has 3 heteroatoms. The zero-order chi connectivity index (χ0) is 11.4. The third-order valence-corrected chi connectivity index (χ3v) is 2.58. The first-order chi connectivity index (χ1) is 7.06. The molecule has 0 radical (unpaired) electrons. The molecule has 0 aromatic heterocycles. The molecule has 3 nitrogen and oxygen atoms in total. The molecule has 0 fully saturated rings.